The van der Waals surface area contributed by atoms with Crippen LogP contribution >= 0.6 is 0 Å². The van der Waals surface area contributed by atoms with Gasteiger partial charge in [0.1, 0.15) is 0 Å². The molecule has 0 radical (unpaired) electrons. The average Bonchev–Trinajstić information content (AvgIpc) is 3.72. The normalized spacial score (nSPS) is 25.8. The first kappa shape index (κ1) is 24.8. The minimum absolute atomic E-state index is 0.413. The minimum Gasteiger partial charge on any atom is -0.364 e. The summed E-state index contributed by atoms with van der Waals surface area (Å²) in [6.07, 6.45) is 19.4. The van der Waals surface area contributed by atoms with Gasteiger partial charge in [-0.15, -0.1) is 0 Å². The van der Waals surface area contributed by atoms with Crippen molar-refractivity contribution in [2.75, 3.05) is 0 Å². The zero-order chi connectivity index (χ0) is 27.1. The van der Waals surface area contributed by atoms with Gasteiger partial charge < -0.3 is 15.0 Å². The van der Waals surface area contributed by atoms with Crippen LogP contribution in [-0.2, 0) is 19.3 Å². The Morgan fingerprint density at radius 3 is 1.93 bits per heavy atom. The van der Waals surface area contributed by atoms with Crippen molar-refractivity contribution in [2.24, 2.45) is 4.99 Å². The number of aromatic nitrogens is 3. The summed E-state index contributed by atoms with van der Waals surface area (Å²) in [5.74, 6) is 1.32. The van der Waals surface area contributed by atoms with E-state index in [1.807, 2.05) is 0 Å². The highest BCUT2D eigenvalue weighted by Gasteiger charge is 2.37. The highest BCUT2D eigenvalue weighted by atomic mass is 14.9. The summed E-state index contributed by atoms with van der Waals surface area (Å²) in [6, 6.07) is 0. The molecule has 3 aromatic heterocycles. The number of nitrogens with one attached hydrogen (secondary N) is 3. The Bertz CT molecular complexity index is 1610. The SMILES string of the molecule is CC1=C2CCCC=C2N=C1C1CCCc2c1[nH]c(C1CCCc3c1[nH]c(C1CCCc4c(C)c[nH]c41)c3C)c2C. The first-order chi connectivity index (χ1) is 19.5. The Balaban J connectivity index is 1.19. The van der Waals surface area contributed by atoms with Crippen LogP contribution in [0, 0.1) is 20.8 Å². The molecule has 0 fully saturated rings. The molecule has 1 aliphatic heterocycles. The fourth-order valence-electron chi connectivity index (χ4n) is 9.21. The van der Waals surface area contributed by atoms with Crippen LogP contribution in [0.25, 0.3) is 0 Å². The van der Waals surface area contributed by atoms with E-state index in [2.05, 4.69) is 54.9 Å². The monoisotopic (exact) mass is 532 g/mol. The lowest BCUT2D eigenvalue weighted by Gasteiger charge is -2.24. The number of fused-ring (bicyclic) bond motifs is 4. The van der Waals surface area contributed by atoms with Crippen molar-refractivity contribution in [3.8, 4) is 0 Å². The lowest BCUT2D eigenvalue weighted by molar-refractivity contribution is 0.580. The summed E-state index contributed by atoms with van der Waals surface area (Å²) < 4.78 is 0. The van der Waals surface area contributed by atoms with Crippen LogP contribution in [0.2, 0.25) is 0 Å². The molecule has 8 rings (SSSR count). The fraction of sp³-hybridized carbons (Fsp3) is 0.528. The molecule has 5 aliphatic rings. The van der Waals surface area contributed by atoms with Crippen LogP contribution in [0.4, 0.5) is 0 Å². The molecular weight excluding hydrogens is 488 g/mol. The molecule has 0 aromatic carbocycles. The molecule has 4 aliphatic carbocycles. The third kappa shape index (κ3) is 3.53. The van der Waals surface area contributed by atoms with E-state index in [0.29, 0.717) is 17.8 Å². The number of nitrogens with zero attached hydrogens (tertiary/aromatic N) is 1. The van der Waals surface area contributed by atoms with Crippen LogP contribution in [0.3, 0.4) is 0 Å². The molecule has 3 N–H and O–H groups in total. The van der Waals surface area contributed by atoms with E-state index in [1.54, 1.807) is 16.7 Å². The smallest absolute Gasteiger partial charge is 0.0628 e. The zero-order valence-corrected chi connectivity index (χ0v) is 24.8. The number of hydrogen-bond acceptors (Lipinski definition) is 1. The van der Waals surface area contributed by atoms with Crippen molar-refractivity contribution in [3.63, 3.8) is 0 Å². The maximum atomic E-state index is 5.26. The lowest BCUT2D eigenvalue weighted by Crippen LogP contribution is -2.19. The van der Waals surface area contributed by atoms with Gasteiger partial charge in [-0.3, -0.25) is 4.99 Å². The third-order valence-corrected chi connectivity index (χ3v) is 11.3. The Morgan fingerprint density at radius 1 is 0.650 bits per heavy atom. The highest BCUT2D eigenvalue weighted by molar-refractivity contribution is 6.08. The summed E-state index contributed by atoms with van der Waals surface area (Å²) in [5, 5.41) is 0. The van der Waals surface area contributed by atoms with Gasteiger partial charge in [0.15, 0.2) is 0 Å². The average molecular weight is 533 g/mol. The Morgan fingerprint density at radius 2 is 1.25 bits per heavy atom. The largest absolute Gasteiger partial charge is 0.364 e. The summed E-state index contributed by atoms with van der Waals surface area (Å²) in [7, 11) is 0. The number of aryl methyl sites for hydroxylation is 1. The molecule has 3 unspecified atom stereocenters. The van der Waals surface area contributed by atoms with Crippen molar-refractivity contribution >= 4 is 5.71 Å². The predicted molar refractivity (Wildman–Crippen MR) is 164 cm³/mol. The molecule has 0 spiro atoms. The number of rotatable bonds is 3. The lowest BCUT2D eigenvalue weighted by atomic mass is 9.80. The van der Waals surface area contributed by atoms with Crippen LogP contribution in [0.5, 0.6) is 0 Å². The van der Waals surface area contributed by atoms with Crippen molar-refractivity contribution in [1.29, 1.82) is 0 Å². The summed E-state index contributed by atoms with van der Waals surface area (Å²) in [5.41, 5.74) is 22.2. The number of aromatic amines is 3. The first-order valence-electron chi connectivity index (χ1n) is 16.1. The number of aliphatic imine (C=N–C) groups is 1. The molecule has 0 saturated carbocycles. The number of hydrogen-bond donors (Lipinski definition) is 3. The molecule has 3 atom stereocenters. The Hall–Kier alpha value is -3.01. The van der Waals surface area contributed by atoms with E-state index in [9.17, 15) is 0 Å². The maximum Gasteiger partial charge on any atom is 0.0628 e. The molecule has 0 amide bonds. The predicted octanol–water partition coefficient (Wildman–Crippen LogP) is 8.79. The van der Waals surface area contributed by atoms with Crippen molar-refractivity contribution in [1.82, 2.24) is 15.0 Å². The van der Waals surface area contributed by atoms with Gasteiger partial charge in [0, 0.05) is 52.4 Å². The molecule has 4 heteroatoms. The summed E-state index contributed by atoms with van der Waals surface area (Å²) in [6.45, 7) is 9.40. The van der Waals surface area contributed by atoms with Gasteiger partial charge in [0.2, 0.25) is 0 Å². The molecule has 40 heavy (non-hydrogen) atoms. The summed E-state index contributed by atoms with van der Waals surface area (Å²) in [4.78, 5) is 17.2. The van der Waals surface area contributed by atoms with Gasteiger partial charge in [0.25, 0.3) is 0 Å². The van der Waals surface area contributed by atoms with E-state index in [0.717, 1.165) is 0 Å². The molecule has 4 heterocycles. The standard InChI is InChI=1S/C36H44N4/c1-19-18-37-34-23(19)11-7-14-27(34)32-21(3)25-13-9-16-29(36(25)39-32)33-22(4)26-12-8-15-28(35(26)40-33)31-20(2)24-10-5-6-17-30(24)38-31/h17-18,27-29,37,39-40H,5-16H2,1-4H3. The maximum absolute atomic E-state index is 5.26. The Kier molecular flexibility index (Phi) is 5.73. The number of H-pyrrole nitrogens is 3. The fourth-order valence-corrected chi connectivity index (χ4v) is 9.21. The molecule has 3 aromatic rings. The van der Waals surface area contributed by atoms with E-state index < -0.39 is 0 Å². The van der Waals surface area contributed by atoms with Crippen molar-refractivity contribution in [3.05, 3.63) is 91.0 Å². The molecule has 0 bridgehead atoms. The van der Waals surface area contributed by atoms with Crippen molar-refractivity contribution in [2.45, 2.75) is 122 Å². The van der Waals surface area contributed by atoms with Crippen LogP contribution in [0.15, 0.2) is 34.1 Å². The van der Waals surface area contributed by atoms with Gasteiger partial charge in [0.05, 0.1) is 11.4 Å². The van der Waals surface area contributed by atoms with Gasteiger partial charge >= 0.3 is 0 Å². The third-order valence-electron chi connectivity index (χ3n) is 11.3. The van der Waals surface area contributed by atoms with Crippen LogP contribution < -0.4 is 0 Å². The highest BCUT2D eigenvalue weighted by Crippen LogP contribution is 2.48. The van der Waals surface area contributed by atoms with E-state index in [4.69, 9.17) is 4.99 Å². The van der Waals surface area contributed by atoms with E-state index in [-0.39, 0.29) is 0 Å². The second kappa shape index (κ2) is 9.26. The van der Waals surface area contributed by atoms with E-state index >= 15 is 0 Å². The van der Waals surface area contributed by atoms with Gasteiger partial charge in [-0.25, -0.2) is 0 Å². The number of allylic oxidation sites excluding steroid dienone is 3. The Labute approximate surface area is 238 Å². The van der Waals surface area contributed by atoms with Crippen LogP contribution in [-0.4, -0.2) is 20.7 Å². The second-order valence-corrected chi connectivity index (χ2v) is 13.4. The van der Waals surface area contributed by atoms with Crippen molar-refractivity contribution < 1.29 is 0 Å². The minimum atomic E-state index is 0.413. The topological polar surface area (TPSA) is 59.7 Å². The zero-order valence-electron chi connectivity index (χ0n) is 24.8. The molecular formula is C36H44N4. The van der Waals surface area contributed by atoms with E-state index in [1.165, 1.54) is 145 Å². The molecule has 208 valence electrons. The second-order valence-electron chi connectivity index (χ2n) is 13.4. The summed E-state index contributed by atoms with van der Waals surface area (Å²) >= 11 is 0. The van der Waals surface area contributed by atoms with Gasteiger partial charge in [-0.1, -0.05) is 6.08 Å². The van der Waals surface area contributed by atoms with Crippen LogP contribution in [0.1, 0.15) is 144 Å². The molecule has 0 saturated heterocycles. The first-order valence-corrected chi connectivity index (χ1v) is 16.1. The van der Waals surface area contributed by atoms with Gasteiger partial charge in [-0.2, -0.15) is 0 Å². The quantitative estimate of drug-likeness (QED) is 0.302. The molecule has 4 nitrogen and oxygen atoms in total. The van der Waals surface area contributed by atoms with Gasteiger partial charge in [-0.05, 0) is 149 Å².